The fourth-order valence-electron chi connectivity index (χ4n) is 3.16. The van der Waals surface area contributed by atoms with E-state index in [4.69, 9.17) is 14.0 Å². The zero-order chi connectivity index (χ0) is 20.0. The summed E-state index contributed by atoms with van der Waals surface area (Å²) < 4.78 is 20.4. The van der Waals surface area contributed by atoms with Crippen molar-refractivity contribution in [1.82, 2.24) is 9.55 Å². The van der Waals surface area contributed by atoms with Crippen molar-refractivity contribution in [3.8, 4) is 0 Å². The lowest BCUT2D eigenvalue weighted by atomic mass is 9.76. The Morgan fingerprint density at radius 1 is 1.11 bits per heavy atom. The maximum Gasteiger partial charge on any atom is 0.495 e. The Morgan fingerprint density at radius 3 is 2.33 bits per heavy atom. The molecule has 1 aliphatic rings. The van der Waals surface area contributed by atoms with Crippen molar-refractivity contribution in [3.05, 3.63) is 24.0 Å². The molecule has 148 valence electrons. The van der Waals surface area contributed by atoms with Crippen LogP contribution in [0.5, 0.6) is 0 Å². The third-order valence-electron chi connectivity index (χ3n) is 5.82. The maximum atomic E-state index is 6.22. The highest BCUT2D eigenvalue weighted by Gasteiger charge is 2.52. The number of ether oxygens (including phenoxy) is 1. The lowest BCUT2D eigenvalue weighted by molar-refractivity contribution is 0.00578. The van der Waals surface area contributed by atoms with E-state index in [0.717, 1.165) is 28.7 Å². The molecule has 0 bridgehead atoms. The van der Waals surface area contributed by atoms with Gasteiger partial charge >= 0.3 is 7.12 Å². The van der Waals surface area contributed by atoms with E-state index < -0.39 is 8.07 Å². The molecule has 27 heavy (non-hydrogen) atoms. The molecule has 0 spiro atoms. The number of aromatic nitrogens is 2. The molecule has 1 aromatic carbocycles. The molecule has 0 saturated carbocycles. The van der Waals surface area contributed by atoms with Crippen molar-refractivity contribution >= 4 is 31.7 Å². The fraction of sp³-hybridized carbons (Fsp3) is 0.650. The normalized spacial score (nSPS) is 19.2. The van der Waals surface area contributed by atoms with E-state index in [1.807, 2.05) is 6.33 Å². The average molecular weight is 388 g/mol. The molecule has 1 fully saturated rings. The molecule has 0 atom stereocenters. The Kier molecular flexibility index (Phi) is 5.36. The molecule has 1 aromatic heterocycles. The molecule has 0 unspecified atom stereocenters. The predicted molar refractivity (Wildman–Crippen MR) is 114 cm³/mol. The highest BCUT2D eigenvalue weighted by molar-refractivity contribution is 6.76. The quantitative estimate of drug-likeness (QED) is 0.555. The van der Waals surface area contributed by atoms with E-state index in [1.54, 1.807) is 0 Å². The van der Waals surface area contributed by atoms with Crippen LogP contribution in [-0.2, 0) is 20.8 Å². The third kappa shape index (κ3) is 4.16. The second-order valence-corrected chi connectivity index (χ2v) is 15.4. The van der Waals surface area contributed by atoms with Crippen LogP contribution in [0.4, 0.5) is 0 Å². The summed E-state index contributed by atoms with van der Waals surface area (Å²) in [6.07, 6.45) is 1.86. The highest BCUT2D eigenvalue weighted by atomic mass is 28.3. The van der Waals surface area contributed by atoms with Crippen LogP contribution < -0.4 is 5.46 Å². The molecule has 2 heterocycles. The van der Waals surface area contributed by atoms with Gasteiger partial charge in [-0.3, -0.25) is 0 Å². The Balaban J connectivity index is 1.77. The Hall–Kier alpha value is -1.15. The van der Waals surface area contributed by atoms with Gasteiger partial charge in [-0.2, -0.15) is 0 Å². The van der Waals surface area contributed by atoms with Crippen LogP contribution in [0.2, 0.25) is 25.7 Å². The Morgan fingerprint density at radius 2 is 1.74 bits per heavy atom. The molecule has 0 radical (unpaired) electrons. The molecule has 3 rings (SSSR count). The summed E-state index contributed by atoms with van der Waals surface area (Å²) in [7, 11) is -1.43. The van der Waals surface area contributed by atoms with Crippen LogP contribution in [-0.4, -0.2) is 42.6 Å². The van der Waals surface area contributed by atoms with Gasteiger partial charge in [-0.1, -0.05) is 25.7 Å². The van der Waals surface area contributed by atoms with Gasteiger partial charge in [-0.05, 0) is 57.8 Å². The van der Waals surface area contributed by atoms with E-state index in [0.29, 0.717) is 6.73 Å². The van der Waals surface area contributed by atoms with E-state index in [2.05, 4.69) is 75.9 Å². The average Bonchev–Trinajstić information content (AvgIpc) is 3.02. The number of benzene rings is 1. The molecule has 5 nitrogen and oxygen atoms in total. The summed E-state index contributed by atoms with van der Waals surface area (Å²) in [6.45, 7) is 18.8. The molecule has 2 aromatic rings. The number of imidazole rings is 1. The van der Waals surface area contributed by atoms with E-state index in [-0.39, 0.29) is 18.3 Å². The minimum Gasteiger partial charge on any atom is -0.399 e. The lowest BCUT2D eigenvalue weighted by Crippen LogP contribution is -2.41. The number of hydrogen-bond donors (Lipinski definition) is 0. The third-order valence-corrected chi connectivity index (χ3v) is 7.53. The summed E-state index contributed by atoms with van der Waals surface area (Å²) in [6, 6.07) is 5.36. The molecule has 1 aliphatic heterocycles. The topological polar surface area (TPSA) is 45.5 Å². The number of rotatable bonds is 6. The van der Waals surface area contributed by atoms with Crippen LogP contribution >= 0.6 is 0 Å². The van der Waals surface area contributed by atoms with Crippen molar-refractivity contribution in [2.75, 3.05) is 6.61 Å². The molecule has 0 N–H and O–H groups in total. The van der Waals surface area contributed by atoms with Gasteiger partial charge in [-0.15, -0.1) is 0 Å². The monoisotopic (exact) mass is 388 g/mol. The van der Waals surface area contributed by atoms with Gasteiger partial charge in [0.2, 0.25) is 0 Å². The van der Waals surface area contributed by atoms with Crippen molar-refractivity contribution in [1.29, 1.82) is 0 Å². The molecule has 1 saturated heterocycles. The van der Waals surface area contributed by atoms with Gasteiger partial charge in [0.25, 0.3) is 0 Å². The van der Waals surface area contributed by atoms with E-state index in [9.17, 15) is 0 Å². The van der Waals surface area contributed by atoms with Gasteiger partial charge in [0.05, 0.1) is 28.6 Å². The molecule has 7 heteroatoms. The number of aryl methyl sites for hydroxylation is 1. The van der Waals surface area contributed by atoms with Crippen LogP contribution in [0.25, 0.3) is 11.0 Å². The zero-order valence-electron chi connectivity index (χ0n) is 18.0. The summed E-state index contributed by atoms with van der Waals surface area (Å²) in [5.41, 5.74) is 3.53. The summed E-state index contributed by atoms with van der Waals surface area (Å²) in [5, 5.41) is 0. The van der Waals surface area contributed by atoms with Crippen LogP contribution in [0, 0.1) is 6.92 Å². The van der Waals surface area contributed by atoms with Crippen molar-refractivity contribution in [2.24, 2.45) is 0 Å². The van der Waals surface area contributed by atoms with E-state index in [1.165, 1.54) is 6.04 Å². The van der Waals surface area contributed by atoms with Gasteiger partial charge in [0.1, 0.15) is 6.73 Å². The Labute approximate surface area is 164 Å². The van der Waals surface area contributed by atoms with E-state index >= 15 is 0 Å². The minimum absolute atomic E-state index is 0.345. The zero-order valence-corrected chi connectivity index (χ0v) is 19.0. The number of nitrogens with zero attached hydrogens (tertiary/aromatic N) is 2. The number of fused-ring (bicyclic) bond motifs is 1. The van der Waals surface area contributed by atoms with Crippen LogP contribution in [0.1, 0.15) is 33.3 Å². The first-order valence-corrected chi connectivity index (χ1v) is 13.5. The molecular weight excluding hydrogens is 355 g/mol. The van der Waals surface area contributed by atoms with Gasteiger partial charge in [0, 0.05) is 14.7 Å². The van der Waals surface area contributed by atoms with Crippen molar-refractivity contribution in [3.63, 3.8) is 0 Å². The standard InChI is InChI=1S/C20H33BN2O3Si/c1-15-16(21-25-19(2,3)20(4,5)26-21)9-10-17-18(15)22-13-23(17)14-24-11-12-27(6,7)8/h9-10,13H,11-12,14H2,1-8H3. The SMILES string of the molecule is Cc1c(B2OC(C)(C)C(C)(C)O2)ccc2c1ncn2COCC[Si](C)(C)C. The first-order chi connectivity index (χ1) is 12.4. The summed E-state index contributed by atoms with van der Waals surface area (Å²) >= 11 is 0. The van der Waals surface area contributed by atoms with Crippen molar-refractivity contribution in [2.45, 2.75) is 78.2 Å². The smallest absolute Gasteiger partial charge is 0.399 e. The predicted octanol–water partition coefficient (Wildman–Crippen LogP) is 3.96. The second-order valence-electron chi connectivity index (χ2n) is 9.80. The van der Waals surface area contributed by atoms with Gasteiger partial charge in [-0.25, -0.2) is 4.98 Å². The lowest BCUT2D eigenvalue weighted by Gasteiger charge is -2.32. The first-order valence-electron chi connectivity index (χ1n) is 9.79. The first kappa shape index (κ1) is 20.6. The number of hydrogen-bond acceptors (Lipinski definition) is 4. The molecular formula is C20H33BN2O3Si. The minimum atomic E-state index is -1.07. The van der Waals surface area contributed by atoms with Crippen molar-refractivity contribution < 1.29 is 14.0 Å². The summed E-state index contributed by atoms with van der Waals surface area (Å²) in [4.78, 5) is 4.63. The molecule has 0 amide bonds. The van der Waals surface area contributed by atoms with Gasteiger partial charge in [0.15, 0.2) is 0 Å². The molecule has 0 aliphatic carbocycles. The maximum absolute atomic E-state index is 6.22. The van der Waals surface area contributed by atoms with Crippen LogP contribution in [0.3, 0.4) is 0 Å². The van der Waals surface area contributed by atoms with Crippen LogP contribution in [0.15, 0.2) is 18.5 Å². The second kappa shape index (κ2) is 7.03. The van der Waals surface area contributed by atoms with Gasteiger partial charge < -0.3 is 18.6 Å². The Bertz CT molecular complexity index is 810. The highest BCUT2D eigenvalue weighted by Crippen LogP contribution is 2.37. The fourth-order valence-corrected chi connectivity index (χ4v) is 3.91. The largest absolute Gasteiger partial charge is 0.495 e. The summed E-state index contributed by atoms with van der Waals surface area (Å²) in [5.74, 6) is 0.